The lowest BCUT2D eigenvalue weighted by Gasteiger charge is -2.50. The van der Waals surface area contributed by atoms with E-state index in [1.807, 2.05) is 6.92 Å². The van der Waals surface area contributed by atoms with E-state index in [1.54, 1.807) is 0 Å². The molecule has 0 amide bonds. The molecule has 0 radical (unpaired) electrons. The smallest absolute Gasteiger partial charge is 0.496 e. The highest BCUT2D eigenvalue weighted by Gasteiger charge is 2.56. The van der Waals surface area contributed by atoms with Crippen LogP contribution >= 0.6 is 0 Å². The van der Waals surface area contributed by atoms with Crippen molar-refractivity contribution in [3.8, 4) is 11.5 Å². The number of aromatic hydroxyl groups is 2. The van der Waals surface area contributed by atoms with Crippen molar-refractivity contribution in [1.82, 2.24) is 0 Å². The van der Waals surface area contributed by atoms with Crippen molar-refractivity contribution >= 4 is 23.6 Å². The Labute approximate surface area is 172 Å². The number of furan rings is 1. The highest BCUT2D eigenvalue weighted by Crippen LogP contribution is 2.61. The van der Waals surface area contributed by atoms with Crippen molar-refractivity contribution in [1.29, 1.82) is 0 Å². The fourth-order valence-corrected chi connectivity index (χ4v) is 6.23. The van der Waals surface area contributed by atoms with Crippen molar-refractivity contribution < 1.29 is 37.8 Å². The van der Waals surface area contributed by atoms with Gasteiger partial charge in [-0.15, -0.1) is 0 Å². The van der Waals surface area contributed by atoms with E-state index in [9.17, 15) is 33.4 Å². The fourth-order valence-electron chi connectivity index (χ4n) is 6.23. The number of fused-ring (bicyclic) bond motifs is 5. The molecule has 5 nitrogen and oxygen atoms in total. The zero-order valence-corrected chi connectivity index (χ0v) is 17.2. The summed E-state index contributed by atoms with van der Waals surface area (Å²) in [5.41, 5.74) is -1.21. The quantitative estimate of drug-likeness (QED) is 0.408. The molecule has 9 heteroatoms. The van der Waals surface area contributed by atoms with Gasteiger partial charge in [-0.25, -0.2) is 0 Å². The molecule has 1 fully saturated rings. The number of hydrogen-bond acceptors (Lipinski definition) is 5. The van der Waals surface area contributed by atoms with Gasteiger partial charge in [-0.3, -0.25) is 0 Å². The van der Waals surface area contributed by atoms with Gasteiger partial charge in [0.15, 0.2) is 11.5 Å². The molecule has 4 rings (SSSR count). The molecule has 0 bridgehead atoms. The molecule has 2 aliphatic carbocycles. The van der Waals surface area contributed by atoms with E-state index >= 15 is 0 Å². The summed E-state index contributed by atoms with van der Waals surface area (Å²) in [5.74, 6) is -3.57. The lowest BCUT2D eigenvalue weighted by Crippen LogP contribution is -2.44. The van der Waals surface area contributed by atoms with Gasteiger partial charge in [-0.05, 0) is 48.5 Å². The van der Waals surface area contributed by atoms with Crippen LogP contribution in [0, 0.1) is 11.3 Å². The molecule has 4 N–H and O–H groups in total. The van der Waals surface area contributed by atoms with Crippen molar-refractivity contribution in [3.05, 3.63) is 17.4 Å². The minimum absolute atomic E-state index is 0.0518. The average molecular weight is 426 g/mol. The average Bonchev–Trinajstić information content (AvgIpc) is 2.88. The molecule has 0 saturated heterocycles. The second-order valence-corrected chi connectivity index (χ2v) is 9.73. The molecule has 2 aliphatic rings. The minimum atomic E-state index is -4.54. The normalized spacial score (nSPS) is 28.7. The van der Waals surface area contributed by atoms with Gasteiger partial charge in [-0.2, -0.15) is 13.2 Å². The van der Waals surface area contributed by atoms with Crippen LogP contribution in [0.15, 0.2) is 10.5 Å². The van der Waals surface area contributed by atoms with Crippen molar-refractivity contribution in [2.24, 2.45) is 11.3 Å². The third kappa shape index (κ3) is 2.92. The Morgan fingerprint density at radius 1 is 1.10 bits per heavy atom. The Hall–Kier alpha value is -1.87. The molecule has 30 heavy (non-hydrogen) atoms. The van der Waals surface area contributed by atoms with Gasteiger partial charge >= 0.3 is 13.3 Å². The molecule has 0 spiro atoms. The van der Waals surface area contributed by atoms with E-state index in [-0.39, 0.29) is 34.5 Å². The Balaban J connectivity index is 2.12. The van der Waals surface area contributed by atoms with E-state index in [0.717, 1.165) is 12.8 Å². The molecule has 1 heterocycles. The predicted molar refractivity (Wildman–Crippen MR) is 106 cm³/mol. The number of phenolic OH excluding ortho intramolecular Hbond substituents is 2. The van der Waals surface area contributed by atoms with Gasteiger partial charge in [0.2, 0.25) is 0 Å². The number of phenols is 2. The van der Waals surface area contributed by atoms with Crippen LogP contribution in [0.3, 0.4) is 0 Å². The van der Waals surface area contributed by atoms with Gasteiger partial charge in [0.25, 0.3) is 0 Å². The molecule has 2 aromatic rings. The topological polar surface area (TPSA) is 94.1 Å². The first-order valence-corrected chi connectivity index (χ1v) is 10.2. The highest BCUT2D eigenvalue weighted by molar-refractivity contribution is 6.63. The predicted octanol–water partition coefficient (Wildman–Crippen LogP) is 4.05. The minimum Gasteiger partial charge on any atom is -0.504 e. The van der Waals surface area contributed by atoms with Crippen molar-refractivity contribution in [2.75, 3.05) is 0 Å². The number of hydrogen-bond donors (Lipinski definition) is 4. The van der Waals surface area contributed by atoms with Gasteiger partial charge in [0, 0.05) is 10.9 Å². The Bertz CT molecular complexity index is 997. The first-order chi connectivity index (χ1) is 13.8. The van der Waals surface area contributed by atoms with E-state index in [0.29, 0.717) is 18.4 Å². The van der Waals surface area contributed by atoms with E-state index in [1.165, 1.54) is 6.07 Å². The van der Waals surface area contributed by atoms with E-state index in [2.05, 4.69) is 13.8 Å². The van der Waals surface area contributed by atoms with E-state index in [4.69, 9.17) is 4.42 Å². The molecule has 1 aromatic heterocycles. The molecule has 3 unspecified atom stereocenters. The maximum absolute atomic E-state index is 14.1. The van der Waals surface area contributed by atoms with Crippen LogP contribution in [0.5, 0.6) is 11.5 Å². The van der Waals surface area contributed by atoms with Gasteiger partial charge in [0.1, 0.15) is 17.3 Å². The molecule has 1 saturated carbocycles. The van der Waals surface area contributed by atoms with Crippen LogP contribution in [-0.2, 0) is 5.41 Å². The second-order valence-electron chi connectivity index (χ2n) is 9.73. The summed E-state index contributed by atoms with van der Waals surface area (Å²) in [6, 6.07) is 1.18. The zero-order chi connectivity index (χ0) is 22.2. The standard InChI is InChI=1S/C21H26BF3O5/c1-19(2)7-4-8-20(3)13(19)6-5-11(21(23,24)25)18-14(20)10-9-12(26)16(27)15(22(28)29)17(10)30-18/h9,11,13,26-29H,4-8H2,1-3H3. The van der Waals surface area contributed by atoms with Gasteiger partial charge < -0.3 is 24.7 Å². The van der Waals surface area contributed by atoms with Crippen LogP contribution in [0.4, 0.5) is 13.2 Å². The second kappa shape index (κ2) is 6.56. The highest BCUT2D eigenvalue weighted by atomic mass is 19.4. The fraction of sp³-hybridized carbons (Fsp3) is 0.619. The van der Waals surface area contributed by atoms with Crippen LogP contribution in [0.2, 0.25) is 0 Å². The Morgan fingerprint density at radius 3 is 2.37 bits per heavy atom. The largest absolute Gasteiger partial charge is 0.504 e. The van der Waals surface area contributed by atoms with Crippen molar-refractivity contribution in [3.63, 3.8) is 0 Å². The maximum Gasteiger partial charge on any atom is 0.496 e. The molecular formula is C21H26BF3O5. The third-order valence-corrected chi connectivity index (χ3v) is 7.51. The summed E-state index contributed by atoms with van der Waals surface area (Å²) in [4.78, 5) is 0. The van der Waals surface area contributed by atoms with E-state index < -0.39 is 41.6 Å². The monoisotopic (exact) mass is 426 g/mol. The Morgan fingerprint density at radius 2 is 1.77 bits per heavy atom. The number of benzene rings is 1. The Kier molecular flexibility index (Phi) is 4.68. The van der Waals surface area contributed by atoms with Crippen LogP contribution in [0.25, 0.3) is 11.0 Å². The number of halogens is 3. The first kappa shape index (κ1) is 21.4. The molecule has 3 atom stereocenters. The van der Waals surface area contributed by atoms with Gasteiger partial charge in [0.05, 0.1) is 5.46 Å². The summed E-state index contributed by atoms with van der Waals surface area (Å²) in [7, 11) is -2.22. The summed E-state index contributed by atoms with van der Waals surface area (Å²) in [6.45, 7) is 6.11. The maximum atomic E-state index is 14.1. The summed E-state index contributed by atoms with van der Waals surface area (Å²) in [5, 5.41) is 40.0. The summed E-state index contributed by atoms with van der Waals surface area (Å²) < 4.78 is 48.0. The lowest BCUT2D eigenvalue weighted by molar-refractivity contribution is -0.156. The molecular weight excluding hydrogens is 400 g/mol. The molecule has 164 valence electrons. The molecule has 0 aliphatic heterocycles. The van der Waals surface area contributed by atoms with Crippen LogP contribution in [0.1, 0.15) is 70.1 Å². The lowest BCUT2D eigenvalue weighted by atomic mass is 9.53. The number of rotatable bonds is 1. The summed E-state index contributed by atoms with van der Waals surface area (Å²) >= 11 is 0. The van der Waals surface area contributed by atoms with Crippen LogP contribution in [-0.4, -0.2) is 33.6 Å². The molecule has 1 aromatic carbocycles. The third-order valence-electron chi connectivity index (χ3n) is 7.51. The SMILES string of the molecule is CC1(C)CCCC2(C)c3c(oc4c(B(O)O)c(O)c(O)cc34)C(C(F)(F)F)CCC12. The first-order valence-electron chi connectivity index (χ1n) is 10.2. The van der Waals surface area contributed by atoms with Crippen LogP contribution < -0.4 is 5.46 Å². The summed E-state index contributed by atoms with van der Waals surface area (Å²) in [6.07, 6.45) is -1.89. The van der Waals surface area contributed by atoms with Crippen molar-refractivity contribution in [2.45, 2.75) is 70.4 Å². The zero-order valence-electron chi connectivity index (χ0n) is 17.2. The number of alkyl halides is 3. The van der Waals surface area contributed by atoms with Gasteiger partial charge in [-0.1, -0.05) is 27.2 Å².